The number of halogens is 1. The molecule has 0 aromatic heterocycles. The monoisotopic (exact) mass is 274 g/mol. The molecule has 0 aliphatic carbocycles. The number of carboxylic acids is 1. The Morgan fingerprint density at radius 3 is 2.50 bits per heavy atom. The van der Waals surface area contributed by atoms with Crippen molar-refractivity contribution in [3.8, 4) is 0 Å². The first-order chi connectivity index (χ1) is 9.49. The van der Waals surface area contributed by atoms with E-state index in [9.17, 15) is 9.18 Å². The van der Waals surface area contributed by atoms with Gasteiger partial charge in [0.2, 0.25) is 0 Å². The number of benzene rings is 2. The van der Waals surface area contributed by atoms with Crippen LogP contribution in [0.5, 0.6) is 0 Å². The second-order valence-electron chi connectivity index (χ2n) is 4.53. The molecule has 0 saturated carbocycles. The van der Waals surface area contributed by atoms with Crippen LogP contribution in [0.1, 0.15) is 15.9 Å². The number of carbonyl (C=O) groups is 1. The van der Waals surface area contributed by atoms with E-state index in [1.807, 2.05) is 4.90 Å². The number of nitrogens with zero attached hydrogens (tertiary/aromatic N) is 1. The van der Waals surface area contributed by atoms with Crippen molar-refractivity contribution in [2.45, 2.75) is 6.54 Å². The largest absolute Gasteiger partial charge is 0.478 e. The number of carboxylic acid groups (broad SMARTS) is 1. The van der Waals surface area contributed by atoms with Crippen LogP contribution in [0.25, 0.3) is 0 Å². The lowest BCUT2D eigenvalue weighted by Gasteiger charge is -2.22. The van der Waals surface area contributed by atoms with Gasteiger partial charge in [0.05, 0.1) is 16.9 Å². The molecule has 4 nitrogen and oxygen atoms in total. The van der Waals surface area contributed by atoms with E-state index in [2.05, 4.69) is 0 Å². The van der Waals surface area contributed by atoms with E-state index in [1.54, 1.807) is 31.3 Å². The average molecular weight is 274 g/mol. The summed E-state index contributed by atoms with van der Waals surface area (Å²) >= 11 is 0. The van der Waals surface area contributed by atoms with Crippen molar-refractivity contribution in [2.24, 2.45) is 0 Å². The smallest absolute Gasteiger partial charge is 0.337 e. The Kier molecular flexibility index (Phi) is 3.89. The van der Waals surface area contributed by atoms with Crippen LogP contribution in [-0.2, 0) is 6.54 Å². The number of nitrogen functional groups attached to an aromatic ring is 1. The van der Waals surface area contributed by atoms with Gasteiger partial charge in [-0.3, -0.25) is 0 Å². The number of nitrogens with two attached hydrogens (primary N) is 1. The summed E-state index contributed by atoms with van der Waals surface area (Å²) in [5, 5.41) is 9.05. The van der Waals surface area contributed by atoms with Gasteiger partial charge in [-0.05, 0) is 29.8 Å². The molecule has 0 fully saturated rings. The van der Waals surface area contributed by atoms with Crippen molar-refractivity contribution < 1.29 is 14.3 Å². The molecule has 2 aromatic rings. The Hall–Kier alpha value is -2.56. The van der Waals surface area contributed by atoms with E-state index >= 15 is 0 Å². The van der Waals surface area contributed by atoms with Gasteiger partial charge in [0, 0.05) is 13.6 Å². The Balaban J connectivity index is 2.25. The summed E-state index contributed by atoms with van der Waals surface area (Å²) in [6.45, 7) is 0.507. The second kappa shape index (κ2) is 5.61. The van der Waals surface area contributed by atoms with E-state index in [4.69, 9.17) is 10.8 Å². The third-order valence-corrected chi connectivity index (χ3v) is 3.06. The lowest BCUT2D eigenvalue weighted by molar-refractivity contribution is 0.0698. The molecule has 0 bridgehead atoms. The second-order valence-corrected chi connectivity index (χ2v) is 4.53. The molecule has 0 heterocycles. The Bertz CT molecular complexity index is 626. The summed E-state index contributed by atoms with van der Waals surface area (Å²) in [5.74, 6) is -1.34. The van der Waals surface area contributed by atoms with Gasteiger partial charge in [-0.2, -0.15) is 0 Å². The number of anilines is 2. The predicted octanol–water partition coefficient (Wildman–Crippen LogP) is 2.74. The molecule has 5 heteroatoms. The minimum Gasteiger partial charge on any atom is -0.478 e. The summed E-state index contributed by atoms with van der Waals surface area (Å²) in [6, 6.07) is 11.0. The van der Waals surface area contributed by atoms with Gasteiger partial charge in [0.25, 0.3) is 0 Å². The van der Waals surface area contributed by atoms with Crippen molar-refractivity contribution in [3.05, 3.63) is 59.4 Å². The van der Waals surface area contributed by atoms with E-state index < -0.39 is 5.97 Å². The molecule has 0 spiro atoms. The van der Waals surface area contributed by atoms with Crippen LogP contribution in [0.4, 0.5) is 15.8 Å². The van der Waals surface area contributed by atoms with Crippen LogP contribution in [0.15, 0.2) is 42.5 Å². The number of para-hydroxylation sites is 1. The lowest BCUT2D eigenvalue weighted by atomic mass is 10.1. The molecule has 0 unspecified atom stereocenters. The summed E-state index contributed by atoms with van der Waals surface area (Å²) < 4.78 is 12.9. The molecule has 0 saturated heterocycles. The lowest BCUT2D eigenvalue weighted by Crippen LogP contribution is -2.19. The summed E-state index contributed by atoms with van der Waals surface area (Å²) in [7, 11) is 1.81. The van der Waals surface area contributed by atoms with Gasteiger partial charge in [0.1, 0.15) is 5.82 Å². The highest BCUT2D eigenvalue weighted by molar-refractivity contribution is 5.97. The molecule has 3 N–H and O–H groups in total. The van der Waals surface area contributed by atoms with E-state index in [1.165, 1.54) is 18.2 Å². The van der Waals surface area contributed by atoms with Gasteiger partial charge in [0.15, 0.2) is 0 Å². The van der Waals surface area contributed by atoms with Crippen LogP contribution >= 0.6 is 0 Å². The zero-order valence-corrected chi connectivity index (χ0v) is 11.0. The summed E-state index contributed by atoms with van der Waals surface area (Å²) in [6.07, 6.45) is 0. The topological polar surface area (TPSA) is 66.6 Å². The molecule has 20 heavy (non-hydrogen) atoms. The van der Waals surface area contributed by atoms with Crippen molar-refractivity contribution in [3.63, 3.8) is 0 Å². The quantitative estimate of drug-likeness (QED) is 0.841. The maximum atomic E-state index is 12.9. The highest BCUT2D eigenvalue weighted by Crippen LogP contribution is 2.27. The Morgan fingerprint density at radius 2 is 1.90 bits per heavy atom. The SMILES string of the molecule is CN(Cc1ccc(F)cc1)c1cccc(C(=O)O)c1N. The summed E-state index contributed by atoms with van der Waals surface area (Å²) in [5.41, 5.74) is 7.73. The molecular weight excluding hydrogens is 259 g/mol. The van der Waals surface area contributed by atoms with Crippen molar-refractivity contribution in [2.75, 3.05) is 17.7 Å². The number of hydrogen-bond acceptors (Lipinski definition) is 3. The fourth-order valence-electron chi connectivity index (χ4n) is 2.02. The van der Waals surface area contributed by atoms with Gasteiger partial charge in [-0.15, -0.1) is 0 Å². The Labute approximate surface area is 116 Å². The third-order valence-electron chi connectivity index (χ3n) is 3.06. The standard InChI is InChI=1S/C15H15FN2O2/c1-18(9-10-5-7-11(16)8-6-10)13-4-2-3-12(14(13)17)15(19)20/h2-8H,9,17H2,1H3,(H,19,20). The first-order valence-electron chi connectivity index (χ1n) is 6.06. The minimum atomic E-state index is -1.06. The highest BCUT2D eigenvalue weighted by atomic mass is 19.1. The highest BCUT2D eigenvalue weighted by Gasteiger charge is 2.13. The van der Waals surface area contributed by atoms with E-state index in [0.29, 0.717) is 12.2 Å². The maximum Gasteiger partial charge on any atom is 0.337 e. The number of hydrogen-bond donors (Lipinski definition) is 2. The Morgan fingerprint density at radius 1 is 1.25 bits per heavy atom. The maximum absolute atomic E-state index is 12.9. The molecular formula is C15H15FN2O2. The minimum absolute atomic E-state index is 0.0773. The van der Waals surface area contributed by atoms with E-state index in [0.717, 1.165) is 5.56 Å². The fraction of sp³-hybridized carbons (Fsp3) is 0.133. The summed E-state index contributed by atoms with van der Waals surface area (Å²) in [4.78, 5) is 12.9. The third kappa shape index (κ3) is 2.88. The average Bonchev–Trinajstić information content (AvgIpc) is 2.41. The van der Waals surface area contributed by atoms with Gasteiger partial charge in [-0.1, -0.05) is 18.2 Å². The molecule has 104 valence electrons. The van der Waals surface area contributed by atoms with Crippen molar-refractivity contribution in [1.82, 2.24) is 0 Å². The number of rotatable bonds is 4. The van der Waals surface area contributed by atoms with Crippen molar-refractivity contribution in [1.29, 1.82) is 0 Å². The molecule has 2 aromatic carbocycles. The van der Waals surface area contributed by atoms with Crippen LogP contribution in [0.2, 0.25) is 0 Å². The van der Waals surface area contributed by atoms with E-state index in [-0.39, 0.29) is 17.1 Å². The molecule has 0 aliphatic rings. The van der Waals surface area contributed by atoms with Crippen LogP contribution in [0.3, 0.4) is 0 Å². The van der Waals surface area contributed by atoms with Gasteiger partial charge in [-0.25, -0.2) is 9.18 Å². The number of aromatic carboxylic acids is 1. The molecule has 0 radical (unpaired) electrons. The predicted molar refractivity (Wildman–Crippen MR) is 76.3 cm³/mol. The normalized spacial score (nSPS) is 10.3. The molecule has 0 atom stereocenters. The molecule has 2 rings (SSSR count). The van der Waals surface area contributed by atoms with Crippen molar-refractivity contribution >= 4 is 17.3 Å². The van der Waals surface area contributed by atoms with Crippen LogP contribution < -0.4 is 10.6 Å². The zero-order valence-electron chi connectivity index (χ0n) is 11.0. The van der Waals surface area contributed by atoms with Crippen LogP contribution in [0, 0.1) is 5.82 Å². The van der Waals surface area contributed by atoms with Gasteiger partial charge >= 0.3 is 5.97 Å². The van der Waals surface area contributed by atoms with Gasteiger partial charge < -0.3 is 15.7 Å². The van der Waals surface area contributed by atoms with Crippen LogP contribution in [-0.4, -0.2) is 18.1 Å². The zero-order chi connectivity index (χ0) is 14.7. The first-order valence-corrected chi connectivity index (χ1v) is 6.06. The fourth-order valence-corrected chi connectivity index (χ4v) is 2.02. The first kappa shape index (κ1) is 13.9. The molecule has 0 aliphatic heterocycles. The molecule has 0 amide bonds.